The molecule has 7 N–H and O–H groups in total. The van der Waals surface area contributed by atoms with Crippen molar-refractivity contribution in [2.24, 2.45) is 28.6 Å². The predicted molar refractivity (Wildman–Crippen MR) is 291 cm³/mol. The number of hydrogen-bond donors (Lipinski definition) is 7. The summed E-state index contributed by atoms with van der Waals surface area (Å²) in [5.74, 6) is -3.07. The Morgan fingerprint density at radius 3 is 1.45 bits per heavy atom. The lowest BCUT2D eigenvalue weighted by Gasteiger charge is -2.36. The van der Waals surface area contributed by atoms with Gasteiger partial charge in [-0.05, 0) is 144 Å². The maximum absolute atomic E-state index is 14.7. The lowest BCUT2D eigenvalue weighted by Crippen LogP contribution is -2.59. The fourth-order valence-electron chi connectivity index (χ4n) is 12.2. The fraction of sp³-hybridized carbons (Fsp3) is 0.661. The summed E-state index contributed by atoms with van der Waals surface area (Å²) in [6.45, 7) is 15.0. The van der Waals surface area contributed by atoms with Gasteiger partial charge in [-0.3, -0.25) is 38.4 Å². The Morgan fingerprint density at radius 2 is 0.987 bits per heavy atom. The molecule has 7 rings (SSSR count). The summed E-state index contributed by atoms with van der Waals surface area (Å²) >= 11 is 0. The number of ketones is 1. The van der Waals surface area contributed by atoms with Gasteiger partial charge in [0.15, 0.2) is 0 Å². The van der Waals surface area contributed by atoms with Crippen LogP contribution in [0.15, 0.2) is 48.5 Å². The molecule has 2 aliphatic heterocycles. The minimum atomic E-state index is -0.945. The van der Waals surface area contributed by atoms with Gasteiger partial charge in [-0.15, -0.1) is 0 Å². The van der Waals surface area contributed by atoms with E-state index >= 15 is 0 Å². The first-order valence-corrected chi connectivity index (χ1v) is 28.1. The molecule has 17 heteroatoms. The van der Waals surface area contributed by atoms with Gasteiger partial charge in [0.05, 0.1) is 24.2 Å². The van der Waals surface area contributed by atoms with E-state index < -0.39 is 53.1 Å². The summed E-state index contributed by atoms with van der Waals surface area (Å²) in [5.41, 5.74) is 3.15. The van der Waals surface area contributed by atoms with E-state index in [4.69, 9.17) is 0 Å². The molecule has 0 radical (unpaired) electrons. The van der Waals surface area contributed by atoms with Gasteiger partial charge >= 0.3 is 0 Å². The van der Waals surface area contributed by atoms with E-state index in [-0.39, 0.29) is 103 Å². The van der Waals surface area contributed by atoms with E-state index in [1.54, 1.807) is 32.8 Å². The topological polar surface area (TPSA) is 227 Å². The third kappa shape index (κ3) is 13.7. The molecular weight excluding hydrogens is 963 g/mol. The Bertz CT molecular complexity index is 2290. The van der Waals surface area contributed by atoms with Crippen LogP contribution in [0.3, 0.4) is 0 Å². The van der Waals surface area contributed by atoms with E-state index in [1.807, 2.05) is 77.9 Å². The molecule has 0 bridgehead atoms. The average molecular weight is 1050 g/mol. The maximum atomic E-state index is 14.7. The van der Waals surface area contributed by atoms with Crippen LogP contribution >= 0.6 is 0 Å². The first-order chi connectivity index (χ1) is 36.0. The summed E-state index contributed by atoms with van der Waals surface area (Å²) in [6, 6.07) is 10.6. The molecule has 3 fully saturated rings. The largest absolute Gasteiger partial charge is 0.351 e. The molecule has 2 heterocycles. The molecule has 17 nitrogen and oxygen atoms in total. The second-order valence-corrected chi connectivity index (χ2v) is 24.7. The SMILES string of the molecule is CN[C@@H](C)C(=O)N[C@H](C(=O)N1C[C@@H](CC(=O)C2CCC(C(=O)N[C@H]3C[C@@H](C(=O)N[C@@H]4CCCc5ccccc54)N(C(=O)[C@@H](NC(=O)[C@H](C)NC)C(C)(C)C)C3)CC2)C[C@H]1C(=O)N[C@@H]1CCCc2ccccc21)C(C)(C)C. The Balaban J connectivity index is 1.01. The monoisotopic (exact) mass is 1050 g/mol. The van der Waals surface area contributed by atoms with Crippen molar-refractivity contribution >= 4 is 47.1 Å². The molecule has 1 saturated carbocycles. The van der Waals surface area contributed by atoms with Crippen LogP contribution in [0.4, 0.5) is 0 Å². The highest BCUT2D eigenvalue weighted by Crippen LogP contribution is 2.37. The quantitative estimate of drug-likeness (QED) is 0.115. The molecule has 7 amide bonds. The van der Waals surface area contributed by atoms with E-state index in [9.17, 15) is 38.4 Å². The summed E-state index contributed by atoms with van der Waals surface area (Å²) in [6.07, 6.45) is 7.87. The Labute approximate surface area is 450 Å². The zero-order valence-electron chi connectivity index (χ0n) is 46.8. The minimum absolute atomic E-state index is 0.0473. The standard InChI is InChI=1S/C59H87N9O8/c1-34(60-9)51(70)65-49(58(3,4)5)56(75)67-32-36(29-46(67)54(73)63-44-23-15-19-37-17-11-13-21-42(37)44)30-48(69)39-25-27-40(28-26-39)53(72)62-41-31-47(55(74)64-45-24-16-20-38-18-12-14-22-43(38)45)68(33-41)57(76)50(59(6,7)8)66-52(71)35(2)61-10/h11-14,17-18,21-22,34-36,39-41,44-47,49-50,60-61H,15-16,19-20,23-33H2,1-10H3,(H,62,72)(H,63,73)(H,64,74)(H,65,70)(H,66,71)/t34-,35-,36+,39?,40?,41-,44+,45+,46-,47-,49+,50+/m0/s1. The smallest absolute Gasteiger partial charge is 0.246 e. The molecule has 76 heavy (non-hydrogen) atoms. The van der Waals surface area contributed by atoms with Crippen LogP contribution in [0.1, 0.15) is 160 Å². The first kappa shape index (κ1) is 58.0. The number of nitrogens with zero attached hydrogens (tertiary/aromatic N) is 2. The van der Waals surface area contributed by atoms with E-state index in [1.165, 1.54) is 16.0 Å². The molecule has 3 aliphatic carbocycles. The highest BCUT2D eigenvalue weighted by Gasteiger charge is 2.49. The van der Waals surface area contributed by atoms with Crippen molar-refractivity contribution in [3.63, 3.8) is 0 Å². The van der Waals surface area contributed by atoms with Crippen molar-refractivity contribution < 1.29 is 38.4 Å². The van der Waals surface area contributed by atoms with Crippen LogP contribution in [0.25, 0.3) is 0 Å². The van der Waals surface area contributed by atoms with Crippen molar-refractivity contribution in [3.8, 4) is 0 Å². The van der Waals surface area contributed by atoms with Gasteiger partial charge < -0.3 is 47.0 Å². The van der Waals surface area contributed by atoms with Gasteiger partial charge in [0, 0.05) is 37.4 Å². The molecule has 2 aromatic rings. The van der Waals surface area contributed by atoms with E-state index in [0.29, 0.717) is 32.1 Å². The van der Waals surface area contributed by atoms with Gasteiger partial charge in [-0.1, -0.05) is 90.1 Å². The second kappa shape index (κ2) is 24.8. The lowest BCUT2D eigenvalue weighted by molar-refractivity contribution is -0.144. The third-order valence-corrected chi connectivity index (χ3v) is 17.1. The number of hydrogen-bond acceptors (Lipinski definition) is 10. The summed E-state index contributed by atoms with van der Waals surface area (Å²) in [4.78, 5) is 116. The summed E-state index contributed by atoms with van der Waals surface area (Å²) in [5, 5.41) is 21.5. The van der Waals surface area contributed by atoms with E-state index in [2.05, 4.69) is 49.4 Å². The van der Waals surface area contributed by atoms with Crippen LogP contribution in [0.2, 0.25) is 0 Å². The van der Waals surface area contributed by atoms with Crippen molar-refractivity contribution in [1.82, 2.24) is 47.0 Å². The zero-order valence-corrected chi connectivity index (χ0v) is 46.8. The highest BCUT2D eigenvalue weighted by atomic mass is 16.2. The van der Waals surface area contributed by atoms with Gasteiger partial charge in [-0.2, -0.15) is 0 Å². The fourth-order valence-corrected chi connectivity index (χ4v) is 12.2. The third-order valence-electron chi connectivity index (χ3n) is 17.1. The Morgan fingerprint density at radius 1 is 0.553 bits per heavy atom. The molecule has 2 saturated heterocycles. The number of likely N-dealkylation sites (N-methyl/N-ethyl adjacent to an activating group) is 2. The van der Waals surface area contributed by atoms with Gasteiger partial charge in [0.1, 0.15) is 30.0 Å². The van der Waals surface area contributed by atoms with E-state index in [0.717, 1.165) is 49.7 Å². The van der Waals surface area contributed by atoms with Crippen LogP contribution in [0, 0.1) is 28.6 Å². The average Bonchev–Trinajstić information content (AvgIpc) is 4.03. The summed E-state index contributed by atoms with van der Waals surface area (Å²) < 4.78 is 0. The number of likely N-dealkylation sites (tertiary alicyclic amines) is 2. The van der Waals surface area contributed by atoms with Crippen molar-refractivity contribution in [3.05, 3.63) is 70.8 Å². The van der Waals surface area contributed by atoms with Crippen LogP contribution in [-0.2, 0) is 51.2 Å². The molecular formula is C59H87N9O8. The number of benzene rings is 2. The minimum Gasteiger partial charge on any atom is -0.351 e. The van der Waals surface area contributed by atoms with Crippen LogP contribution in [0.5, 0.6) is 0 Å². The van der Waals surface area contributed by atoms with Crippen LogP contribution < -0.4 is 37.2 Å². The molecule has 0 aromatic heterocycles. The molecule has 0 unspecified atom stereocenters. The number of aryl methyl sites for hydroxylation is 2. The first-order valence-electron chi connectivity index (χ1n) is 28.1. The number of rotatable bonds is 17. The second-order valence-electron chi connectivity index (χ2n) is 24.7. The number of carbonyl (C=O) groups excluding carboxylic acids is 8. The van der Waals surface area contributed by atoms with Crippen molar-refractivity contribution in [2.45, 2.75) is 193 Å². The molecule has 5 aliphatic rings. The molecule has 0 spiro atoms. The van der Waals surface area contributed by atoms with Crippen molar-refractivity contribution in [1.29, 1.82) is 0 Å². The Hall–Kier alpha value is -5.68. The zero-order chi connectivity index (χ0) is 55.2. The number of amides is 7. The molecule has 416 valence electrons. The van der Waals surface area contributed by atoms with Gasteiger partial charge in [-0.25, -0.2) is 0 Å². The number of nitrogens with one attached hydrogen (secondary N) is 7. The van der Waals surface area contributed by atoms with Gasteiger partial charge in [0.2, 0.25) is 41.4 Å². The maximum Gasteiger partial charge on any atom is 0.246 e. The number of fused-ring (bicyclic) bond motifs is 2. The summed E-state index contributed by atoms with van der Waals surface area (Å²) in [7, 11) is 3.35. The number of Topliss-reactive ketones (excluding diaryl/α,β-unsaturated/α-hetero) is 1. The molecule has 2 aromatic carbocycles. The molecule has 10 atom stereocenters. The normalized spacial score (nSPS) is 26.1. The van der Waals surface area contributed by atoms with Crippen LogP contribution in [-0.4, -0.2) is 126 Å². The van der Waals surface area contributed by atoms with Crippen molar-refractivity contribution in [2.75, 3.05) is 27.2 Å². The number of carbonyl (C=O) groups is 8. The lowest BCUT2D eigenvalue weighted by atomic mass is 9.77. The Kier molecular flexibility index (Phi) is 18.9. The van der Waals surface area contributed by atoms with Gasteiger partial charge in [0.25, 0.3) is 0 Å². The highest BCUT2D eigenvalue weighted by molar-refractivity contribution is 5.96. The predicted octanol–water partition coefficient (Wildman–Crippen LogP) is 4.72.